The van der Waals surface area contributed by atoms with Crippen molar-refractivity contribution < 1.29 is 28.4 Å². The molecule has 1 saturated heterocycles. The molecule has 3 rings (SSSR count). The second-order valence-electron chi connectivity index (χ2n) is 11.9. The van der Waals surface area contributed by atoms with E-state index in [4.69, 9.17) is 21.3 Å². The molecule has 0 spiro atoms. The van der Waals surface area contributed by atoms with E-state index in [1.165, 1.54) is 6.26 Å². The smallest absolute Gasteiger partial charge is 0.408 e. The largest absolute Gasteiger partial charge is 0.445 e. The first kappa shape index (κ1) is 36.3. The van der Waals surface area contributed by atoms with Gasteiger partial charge in [-0.3, -0.25) is 18.7 Å². The van der Waals surface area contributed by atoms with Crippen molar-refractivity contribution in [3.05, 3.63) is 71.8 Å². The quantitative estimate of drug-likeness (QED) is 0.240. The van der Waals surface area contributed by atoms with Gasteiger partial charge >= 0.3 is 6.09 Å². The third-order valence-corrected chi connectivity index (χ3v) is 8.42. The zero-order valence-electron chi connectivity index (χ0n) is 25.8. The van der Waals surface area contributed by atoms with Crippen LogP contribution in [0, 0.1) is 10.8 Å². The molecule has 2 aromatic rings. The summed E-state index contributed by atoms with van der Waals surface area (Å²) in [5, 5.41) is 29.0. The van der Waals surface area contributed by atoms with Crippen molar-refractivity contribution >= 4 is 28.7 Å². The number of amides is 3. The summed E-state index contributed by atoms with van der Waals surface area (Å²) in [6.45, 7) is 6.68. The predicted octanol–water partition coefficient (Wildman–Crippen LogP) is 2.29. The van der Waals surface area contributed by atoms with Crippen molar-refractivity contribution in [1.29, 1.82) is 10.8 Å². The maximum absolute atomic E-state index is 13.5. The standard InChI is InChI=1S/C31H44N4O6S.N2/c1-30(2,3)35-17-11-16-31(35,28(32)38)19-26(36)24(18-22-12-7-5-8-13-22)33-27(37)25(21-42(4)40)34-29(39)41-20-23-14-9-6-10-15-23;1-2/h5-10,12-15,24-26,36H,11,16-21H2,1-4H3,(H2,32,38)(H,33,37)(H,34,39);/t24-,25-,26+,31+,42?;/m0./s1. The summed E-state index contributed by atoms with van der Waals surface area (Å²) < 4.78 is 17.4. The van der Waals surface area contributed by atoms with Gasteiger partial charge in [-0.25, -0.2) is 4.79 Å². The Labute approximate surface area is 261 Å². The topological polar surface area (TPSA) is 199 Å². The Morgan fingerprint density at radius 2 is 1.61 bits per heavy atom. The highest BCUT2D eigenvalue weighted by Crippen LogP contribution is 2.39. The number of ether oxygens (including phenoxy) is 1. The zero-order chi connectivity index (χ0) is 32.9. The van der Waals surface area contributed by atoms with Gasteiger partial charge in [-0.05, 0) is 57.7 Å². The zero-order valence-corrected chi connectivity index (χ0v) is 26.6. The van der Waals surface area contributed by atoms with E-state index in [1.54, 1.807) is 12.1 Å². The van der Waals surface area contributed by atoms with Crippen molar-refractivity contribution in [2.75, 3.05) is 18.6 Å². The Morgan fingerprint density at radius 3 is 2.14 bits per heavy atom. The average molecular weight is 629 g/mol. The van der Waals surface area contributed by atoms with Crippen LogP contribution in [0.5, 0.6) is 0 Å². The maximum atomic E-state index is 13.5. The molecule has 0 aromatic heterocycles. The van der Waals surface area contributed by atoms with Crippen LogP contribution in [0.1, 0.15) is 51.2 Å². The van der Waals surface area contributed by atoms with Crippen LogP contribution in [-0.2, 0) is 38.2 Å². The Morgan fingerprint density at radius 1 is 1.05 bits per heavy atom. The normalized spacial score (nSPS) is 19.3. The molecular formula is C31H44N6O6S. The molecule has 1 fully saturated rings. The highest BCUT2D eigenvalue weighted by Gasteiger charge is 2.51. The number of aliphatic hydroxyl groups excluding tert-OH is 1. The summed E-state index contributed by atoms with van der Waals surface area (Å²) in [6.07, 6.45) is 0.987. The van der Waals surface area contributed by atoms with Gasteiger partial charge in [-0.1, -0.05) is 60.7 Å². The van der Waals surface area contributed by atoms with E-state index in [0.717, 1.165) is 17.5 Å². The monoisotopic (exact) mass is 628 g/mol. The van der Waals surface area contributed by atoms with E-state index < -0.39 is 52.4 Å². The molecule has 0 saturated carbocycles. The van der Waals surface area contributed by atoms with Gasteiger partial charge in [0, 0.05) is 39.8 Å². The molecule has 1 aliphatic heterocycles. The summed E-state index contributed by atoms with van der Waals surface area (Å²) in [4.78, 5) is 41.1. The third-order valence-electron chi connectivity index (χ3n) is 7.62. The SMILES string of the molecule is CS(=O)C[C@H](NC(=O)OCc1ccccc1)C(=O)N[C@@H](Cc1ccccc1)[C@H](O)C[C@@]1(C(N)=O)CCCN1C(C)(C)C.N#N. The number of benzene rings is 2. The number of nitrogens with one attached hydrogen (secondary N) is 2. The van der Waals surface area contributed by atoms with Gasteiger partial charge < -0.3 is 26.2 Å². The first-order chi connectivity index (χ1) is 20.8. The van der Waals surface area contributed by atoms with E-state index in [0.29, 0.717) is 13.0 Å². The molecule has 3 amide bonds. The molecule has 0 bridgehead atoms. The number of rotatable bonds is 13. The molecular weight excluding hydrogens is 584 g/mol. The van der Waals surface area contributed by atoms with E-state index in [9.17, 15) is 23.7 Å². The maximum Gasteiger partial charge on any atom is 0.408 e. The minimum absolute atomic E-state index is 0.00501. The number of alkyl carbamates (subject to hydrolysis) is 1. The molecule has 1 aliphatic rings. The van der Waals surface area contributed by atoms with Gasteiger partial charge in [0.1, 0.15) is 18.2 Å². The molecule has 5 atom stereocenters. The number of nitrogens with two attached hydrogens (primary N) is 1. The first-order valence-electron chi connectivity index (χ1n) is 14.4. The molecule has 2 aromatic carbocycles. The fraction of sp³-hybridized carbons (Fsp3) is 0.516. The fourth-order valence-corrected chi connectivity index (χ4v) is 6.38. The van der Waals surface area contributed by atoms with E-state index >= 15 is 0 Å². The lowest BCUT2D eigenvalue weighted by Gasteiger charge is -2.46. The van der Waals surface area contributed by atoms with Gasteiger partial charge in [0.2, 0.25) is 11.8 Å². The van der Waals surface area contributed by atoms with Gasteiger partial charge in [-0.2, -0.15) is 0 Å². The van der Waals surface area contributed by atoms with Gasteiger partial charge in [0.05, 0.1) is 17.9 Å². The number of hydrogen-bond donors (Lipinski definition) is 4. The number of carbonyl (C=O) groups excluding carboxylic acids is 3. The van der Waals surface area contributed by atoms with Crippen LogP contribution in [0.25, 0.3) is 0 Å². The summed E-state index contributed by atoms with van der Waals surface area (Å²) in [5.41, 5.74) is 6.16. The number of likely N-dealkylation sites (tertiary alicyclic amines) is 1. The minimum atomic E-state index is -1.43. The molecule has 5 N–H and O–H groups in total. The minimum Gasteiger partial charge on any atom is -0.445 e. The van der Waals surface area contributed by atoms with Crippen LogP contribution in [0.2, 0.25) is 0 Å². The van der Waals surface area contributed by atoms with E-state index in [2.05, 4.69) is 10.6 Å². The van der Waals surface area contributed by atoms with Crippen LogP contribution in [0.4, 0.5) is 4.79 Å². The number of nitrogens with zero attached hydrogens (tertiary/aromatic N) is 3. The second-order valence-corrected chi connectivity index (χ2v) is 13.4. The lowest BCUT2D eigenvalue weighted by atomic mass is 9.82. The molecule has 0 aliphatic carbocycles. The second kappa shape index (κ2) is 16.8. The Hall–Kier alpha value is -3.86. The lowest BCUT2D eigenvalue weighted by molar-refractivity contribution is -0.135. The Bertz CT molecular complexity index is 1270. The molecule has 12 nitrogen and oxygen atoms in total. The first-order valence-corrected chi connectivity index (χ1v) is 16.1. The van der Waals surface area contributed by atoms with E-state index in [1.807, 2.05) is 74.2 Å². The molecule has 13 heteroatoms. The summed E-state index contributed by atoms with van der Waals surface area (Å²) >= 11 is 0. The number of aliphatic hydroxyl groups is 1. The van der Waals surface area contributed by atoms with Gasteiger partial charge in [-0.15, -0.1) is 0 Å². The van der Waals surface area contributed by atoms with Gasteiger partial charge in [0.15, 0.2) is 0 Å². The summed E-state index contributed by atoms with van der Waals surface area (Å²) in [5.74, 6) is -1.28. The van der Waals surface area contributed by atoms with Crippen molar-refractivity contribution in [2.24, 2.45) is 5.73 Å². The van der Waals surface area contributed by atoms with E-state index in [-0.39, 0.29) is 30.7 Å². The van der Waals surface area contributed by atoms with Crippen molar-refractivity contribution in [3.63, 3.8) is 0 Å². The van der Waals surface area contributed by atoms with Gasteiger partial charge in [0.25, 0.3) is 0 Å². The van der Waals surface area contributed by atoms with Crippen molar-refractivity contribution in [2.45, 2.75) is 82.3 Å². The van der Waals surface area contributed by atoms with Crippen LogP contribution in [0.15, 0.2) is 60.7 Å². The molecule has 240 valence electrons. The highest BCUT2D eigenvalue weighted by molar-refractivity contribution is 7.84. The average Bonchev–Trinajstić information content (AvgIpc) is 3.43. The van der Waals surface area contributed by atoms with Crippen LogP contribution < -0.4 is 16.4 Å². The van der Waals surface area contributed by atoms with Crippen molar-refractivity contribution in [3.8, 4) is 0 Å². The summed E-state index contributed by atoms with van der Waals surface area (Å²) in [7, 11) is -1.43. The highest BCUT2D eigenvalue weighted by atomic mass is 32.2. The summed E-state index contributed by atoms with van der Waals surface area (Å²) in [6, 6.07) is 16.4. The Kier molecular flexibility index (Phi) is 13.9. The number of primary amides is 1. The predicted molar refractivity (Wildman–Crippen MR) is 166 cm³/mol. The van der Waals surface area contributed by atoms with Crippen molar-refractivity contribution in [1.82, 2.24) is 15.5 Å². The van der Waals surface area contributed by atoms with Crippen LogP contribution in [0.3, 0.4) is 0 Å². The molecule has 1 unspecified atom stereocenters. The molecule has 1 heterocycles. The van der Waals surface area contributed by atoms with Crippen LogP contribution in [-0.4, -0.2) is 79.9 Å². The Balaban J connectivity index is 0.00000330. The number of carbonyl (C=O) groups is 3. The molecule has 44 heavy (non-hydrogen) atoms. The lowest BCUT2D eigenvalue weighted by Crippen LogP contribution is -2.63. The fourth-order valence-electron chi connectivity index (χ4n) is 5.67. The van der Waals surface area contributed by atoms with Crippen LogP contribution >= 0.6 is 0 Å². The number of hydrogen-bond acceptors (Lipinski definition) is 9. The molecule has 0 radical (unpaired) electrons. The third kappa shape index (κ3) is 10.4.